The fourth-order valence-corrected chi connectivity index (χ4v) is 3.11. The molecular formula is C18H21ClN4O2. The molecule has 1 unspecified atom stereocenters. The Bertz CT molecular complexity index is 717. The first-order valence-corrected chi connectivity index (χ1v) is 8.58. The molecule has 6 nitrogen and oxygen atoms in total. The maximum atomic E-state index is 11.6. The zero-order valence-electron chi connectivity index (χ0n) is 13.8. The van der Waals surface area contributed by atoms with Crippen molar-refractivity contribution in [2.45, 2.75) is 6.04 Å². The maximum absolute atomic E-state index is 11.6. The number of carbonyl (C=O) groups is 1. The van der Waals surface area contributed by atoms with E-state index in [9.17, 15) is 4.79 Å². The highest BCUT2D eigenvalue weighted by Gasteiger charge is 2.23. The molecule has 1 aliphatic rings. The van der Waals surface area contributed by atoms with Gasteiger partial charge < -0.3 is 15.8 Å². The molecule has 1 aliphatic heterocycles. The Kier molecular flexibility index (Phi) is 5.86. The predicted octanol–water partition coefficient (Wildman–Crippen LogP) is 2.32. The van der Waals surface area contributed by atoms with Crippen LogP contribution in [0.15, 0.2) is 42.7 Å². The highest BCUT2D eigenvalue weighted by molar-refractivity contribution is 6.30. The Morgan fingerprint density at radius 2 is 2.00 bits per heavy atom. The number of morpholine rings is 1. The SMILES string of the molecule is NC(=O)c1cnccc1NCC(c1ccc(Cl)cc1)N1CCOCC1. The standard InChI is InChI=1S/C18H21ClN4O2/c19-14-3-1-13(2-4-14)17(23-7-9-25-10-8-23)12-22-16-5-6-21-11-15(16)18(20)24/h1-6,11,17H,7-10,12H2,(H2,20,24)(H,21,22). The van der Waals surface area contributed by atoms with E-state index in [1.54, 1.807) is 12.3 Å². The van der Waals surface area contributed by atoms with Crippen molar-refractivity contribution in [1.82, 2.24) is 9.88 Å². The molecular weight excluding hydrogens is 340 g/mol. The number of halogens is 1. The molecule has 1 aromatic heterocycles. The van der Waals surface area contributed by atoms with Gasteiger partial charge in [0.2, 0.25) is 0 Å². The second-order valence-electron chi connectivity index (χ2n) is 5.88. The number of nitrogens with zero attached hydrogens (tertiary/aromatic N) is 2. The zero-order valence-corrected chi connectivity index (χ0v) is 14.6. The lowest BCUT2D eigenvalue weighted by atomic mass is 10.0. The van der Waals surface area contributed by atoms with Gasteiger partial charge in [0.1, 0.15) is 0 Å². The molecule has 1 aromatic carbocycles. The van der Waals surface area contributed by atoms with Crippen molar-refractivity contribution in [2.24, 2.45) is 5.73 Å². The van der Waals surface area contributed by atoms with E-state index in [1.807, 2.05) is 24.3 Å². The number of carbonyl (C=O) groups excluding carboxylic acids is 1. The lowest BCUT2D eigenvalue weighted by Gasteiger charge is -2.35. The van der Waals surface area contributed by atoms with E-state index in [-0.39, 0.29) is 6.04 Å². The lowest BCUT2D eigenvalue weighted by molar-refractivity contribution is 0.0187. The molecule has 2 aromatic rings. The minimum Gasteiger partial charge on any atom is -0.382 e. The third-order valence-corrected chi connectivity index (χ3v) is 4.57. The van der Waals surface area contributed by atoms with E-state index in [0.29, 0.717) is 36.0 Å². The second kappa shape index (κ2) is 8.29. The highest BCUT2D eigenvalue weighted by atomic mass is 35.5. The fourth-order valence-electron chi connectivity index (χ4n) is 2.98. The van der Waals surface area contributed by atoms with Crippen molar-refractivity contribution in [3.05, 3.63) is 58.9 Å². The van der Waals surface area contributed by atoms with Crippen molar-refractivity contribution in [3.8, 4) is 0 Å². The summed E-state index contributed by atoms with van der Waals surface area (Å²) >= 11 is 6.02. The molecule has 132 valence electrons. The topological polar surface area (TPSA) is 80.5 Å². The third kappa shape index (κ3) is 4.48. The van der Waals surface area contributed by atoms with Crippen LogP contribution in [0.3, 0.4) is 0 Å². The molecule has 0 spiro atoms. The number of primary amides is 1. The lowest BCUT2D eigenvalue weighted by Crippen LogP contribution is -2.41. The number of ether oxygens (including phenoxy) is 1. The number of benzene rings is 1. The van der Waals surface area contributed by atoms with Crippen LogP contribution in [0.25, 0.3) is 0 Å². The van der Waals surface area contributed by atoms with E-state index in [1.165, 1.54) is 6.20 Å². The summed E-state index contributed by atoms with van der Waals surface area (Å²) in [6, 6.07) is 9.75. The first-order valence-electron chi connectivity index (χ1n) is 8.20. The Morgan fingerprint density at radius 1 is 1.28 bits per heavy atom. The monoisotopic (exact) mass is 360 g/mol. The number of pyridine rings is 1. The van der Waals surface area contributed by atoms with Gasteiger partial charge in [0.15, 0.2) is 0 Å². The largest absolute Gasteiger partial charge is 0.382 e. The van der Waals surface area contributed by atoms with Crippen LogP contribution in [0.2, 0.25) is 5.02 Å². The summed E-state index contributed by atoms with van der Waals surface area (Å²) in [6.07, 6.45) is 3.12. The zero-order chi connectivity index (χ0) is 17.6. The van der Waals surface area contributed by atoms with Gasteiger partial charge in [0.25, 0.3) is 5.91 Å². The summed E-state index contributed by atoms with van der Waals surface area (Å²) in [5, 5.41) is 4.06. The van der Waals surface area contributed by atoms with Crippen LogP contribution >= 0.6 is 11.6 Å². The minimum atomic E-state index is -0.495. The van der Waals surface area contributed by atoms with Gasteiger partial charge >= 0.3 is 0 Å². The Morgan fingerprint density at radius 3 is 2.68 bits per heavy atom. The molecule has 0 saturated carbocycles. The van der Waals surface area contributed by atoms with Gasteiger partial charge in [0, 0.05) is 37.1 Å². The number of rotatable bonds is 6. The number of anilines is 1. The molecule has 1 saturated heterocycles. The second-order valence-corrected chi connectivity index (χ2v) is 6.32. The molecule has 0 bridgehead atoms. The van der Waals surface area contributed by atoms with Crippen LogP contribution in [-0.4, -0.2) is 48.6 Å². The van der Waals surface area contributed by atoms with Gasteiger partial charge in [-0.2, -0.15) is 0 Å². The summed E-state index contributed by atoms with van der Waals surface area (Å²) in [5.74, 6) is -0.495. The molecule has 3 rings (SSSR count). The number of hydrogen-bond acceptors (Lipinski definition) is 5. The van der Waals surface area contributed by atoms with Crippen molar-refractivity contribution in [1.29, 1.82) is 0 Å². The molecule has 1 amide bonds. The first-order chi connectivity index (χ1) is 12.1. The van der Waals surface area contributed by atoms with Gasteiger partial charge in [-0.1, -0.05) is 23.7 Å². The van der Waals surface area contributed by atoms with Crippen LogP contribution in [0.1, 0.15) is 22.0 Å². The smallest absolute Gasteiger partial charge is 0.252 e. The Hall–Kier alpha value is -2.15. The summed E-state index contributed by atoms with van der Waals surface area (Å²) in [6.45, 7) is 3.77. The summed E-state index contributed by atoms with van der Waals surface area (Å²) in [5.41, 5.74) is 7.67. The van der Waals surface area contributed by atoms with E-state index in [0.717, 1.165) is 18.7 Å². The molecule has 1 atom stereocenters. The van der Waals surface area contributed by atoms with E-state index < -0.39 is 5.91 Å². The summed E-state index contributed by atoms with van der Waals surface area (Å²) < 4.78 is 5.47. The van der Waals surface area contributed by atoms with Gasteiger partial charge in [-0.05, 0) is 23.8 Å². The maximum Gasteiger partial charge on any atom is 0.252 e. The normalized spacial score (nSPS) is 16.4. The van der Waals surface area contributed by atoms with Crippen LogP contribution in [0, 0.1) is 0 Å². The van der Waals surface area contributed by atoms with Crippen LogP contribution in [-0.2, 0) is 4.74 Å². The molecule has 0 aliphatic carbocycles. The first kappa shape index (κ1) is 17.7. The van der Waals surface area contributed by atoms with E-state index in [2.05, 4.69) is 15.2 Å². The number of amides is 1. The van der Waals surface area contributed by atoms with E-state index in [4.69, 9.17) is 22.1 Å². The fraction of sp³-hybridized carbons (Fsp3) is 0.333. The van der Waals surface area contributed by atoms with Crippen molar-refractivity contribution < 1.29 is 9.53 Å². The highest BCUT2D eigenvalue weighted by Crippen LogP contribution is 2.25. The van der Waals surface area contributed by atoms with Crippen molar-refractivity contribution in [2.75, 3.05) is 38.2 Å². The molecule has 0 radical (unpaired) electrons. The Labute approximate surface area is 151 Å². The number of nitrogens with one attached hydrogen (secondary N) is 1. The van der Waals surface area contributed by atoms with Crippen LogP contribution < -0.4 is 11.1 Å². The molecule has 2 heterocycles. The average molecular weight is 361 g/mol. The number of hydrogen-bond donors (Lipinski definition) is 2. The van der Waals surface area contributed by atoms with Gasteiger partial charge in [0.05, 0.1) is 30.5 Å². The quantitative estimate of drug-likeness (QED) is 0.826. The Balaban J connectivity index is 1.80. The van der Waals surface area contributed by atoms with Gasteiger partial charge in [-0.15, -0.1) is 0 Å². The summed E-state index contributed by atoms with van der Waals surface area (Å²) in [4.78, 5) is 17.9. The van der Waals surface area contributed by atoms with Crippen LogP contribution in [0.4, 0.5) is 5.69 Å². The summed E-state index contributed by atoms with van der Waals surface area (Å²) in [7, 11) is 0. The number of nitrogens with two attached hydrogens (primary N) is 1. The molecule has 7 heteroatoms. The van der Waals surface area contributed by atoms with E-state index >= 15 is 0 Å². The molecule has 25 heavy (non-hydrogen) atoms. The van der Waals surface area contributed by atoms with Gasteiger partial charge in [-0.25, -0.2) is 0 Å². The number of aromatic nitrogens is 1. The predicted molar refractivity (Wildman–Crippen MR) is 97.8 cm³/mol. The third-order valence-electron chi connectivity index (χ3n) is 4.31. The average Bonchev–Trinajstić information content (AvgIpc) is 2.64. The van der Waals surface area contributed by atoms with Gasteiger partial charge in [-0.3, -0.25) is 14.7 Å². The molecule has 3 N–H and O–H groups in total. The van der Waals surface area contributed by atoms with Crippen molar-refractivity contribution in [3.63, 3.8) is 0 Å². The molecule has 1 fully saturated rings. The van der Waals surface area contributed by atoms with Crippen molar-refractivity contribution >= 4 is 23.2 Å². The van der Waals surface area contributed by atoms with Crippen LogP contribution in [0.5, 0.6) is 0 Å². The minimum absolute atomic E-state index is 0.134.